The summed E-state index contributed by atoms with van der Waals surface area (Å²) < 4.78 is 4.79. The van der Waals surface area contributed by atoms with Crippen LogP contribution in [0, 0.1) is 5.92 Å². The summed E-state index contributed by atoms with van der Waals surface area (Å²) in [6.07, 6.45) is 0.623. The minimum Gasteiger partial charge on any atom is -0.480 e. The van der Waals surface area contributed by atoms with Crippen LogP contribution in [-0.2, 0) is 14.3 Å². The van der Waals surface area contributed by atoms with E-state index in [1.54, 1.807) is 6.92 Å². The van der Waals surface area contributed by atoms with Crippen molar-refractivity contribution in [1.29, 1.82) is 0 Å². The Labute approximate surface area is 124 Å². The van der Waals surface area contributed by atoms with Crippen LogP contribution in [0.15, 0.2) is 0 Å². The van der Waals surface area contributed by atoms with E-state index < -0.39 is 18.0 Å². The van der Waals surface area contributed by atoms with Gasteiger partial charge in [0.05, 0.1) is 6.61 Å². The summed E-state index contributed by atoms with van der Waals surface area (Å²) >= 11 is 0. The van der Waals surface area contributed by atoms with Gasteiger partial charge in [-0.1, -0.05) is 20.3 Å². The van der Waals surface area contributed by atoms with Gasteiger partial charge in [0, 0.05) is 20.7 Å². The number of likely N-dealkylation sites (N-methyl/N-ethyl adjacent to an activating group) is 1. The standard InChI is InChI=1S/C13H25N3O5/c1-5-9(2)11(12(18)19)15-13(20)16(3)8-10(17)14-6-7-21-4/h9,11H,5-8H2,1-4H3,(H,14,17)(H,15,20)(H,18,19)/t9?,11-/m0/s1. The van der Waals surface area contributed by atoms with E-state index in [1.165, 1.54) is 14.2 Å². The van der Waals surface area contributed by atoms with Crippen molar-refractivity contribution in [3.05, 3.63) is 0 Å². The first kappa shape index (κ1) is 19.2. The Kier molecular flexibility index (Phi) is 9.11. The molecule has 0 aliphatic carbocycles. The highest BCUT2D eigenvalue weighted by atomic mass is 16.5. The van der Waals surface area contributed by atoms with Gasteiger partial charge in [-0.05, 0) is 5.92 Å². The largest absolute Gasteiger partial charge is 0.480 e. The summed E-state index contributed by atoms with van der Waals surface area (Å²) in [5.41, 5.74) is 0. The number of rotatable bonds is 9. The molecule has 0 fully saturated rings. The number of urea groups is 1. The first-order valence-corrected chi connectivity index (χ1v) is 6.83. The second kappa shape index (κ2) is 9.98. The van der Waals surface area contributed by atoms with Crippen molar-refractivity contribution in [3.8, 4) is 0 Å². The molecule has 8 heteroatoms. The van der Waals surface area contributed by atoms with Crippen molar-refractivity contribution in [1.82, 2.24) is 15.5 Å². The first-order valence-electron chi connectivity index (χ1n) is 6.83. The van der Waals surface area contributed by atoms with Crippen LogP contribution in [-0.4, -0.2) is 67.8 Å². The summed E-state index contributed by atoms with van der Waals surface area (Å²) in [6, 6.07) is -1.56. The number of nitrogens with zero attached hydrogens (tertiary/aromatic N) is 1. The lowest BCUT2D eigenvalue weighted by Crippen LogP contribution is -2.51. The number of ether oxygens (including phenoxy) is 1. The molecule has 0 bridgehead atoms. The van der Waals surface area contributed by atoms with Gasteiger partial charge in [-0.2, -0.15) is 0 Å². The Morgan fingerprint density at radius 2 is 1.95 bits per heavy atom. The van der Waals surface area contributed by atoms with Gasteiger partial charge in [0.25, 0.3) is 0 Å². The number of carboxylic acids is 1. The maximum absolute atomic E-state index is 11.9. The van der Waals surface area contributed by atoms with Gasteiger partial charge < -0.3 is 25.4 Å². The minimum absolute atomic E-state index is 0.150. The van der Waals surface area contributed by atoms with Crippen LogP contribution in [0.4, 0.5) is 4.79 Å². The third-order valence-electron chi connectivity index (χ3n) is 3.11. The zero-order chi connectivity index (χ0) is 16.4. The molecular weight excluding hydrogens is 278 g/mol. The Bertz CT molecular complexity index is 362. The SMILES string of the molecule is CCC(C)[C@H](NC(=O)N(C)CC(=O)NCCOC)C(=O)O. The van der Waals surface area contributed by atoms with Crippen LogP contribution >= 0.6 is 0 Å². The van der Waals surface area contributed by atoms with Gasteiger partial charge in [0.1, 0.15) is 12.6 Å². The molecule has 0 radical (unpaired) electrons. The average molecular weight is 303 g/mol. The van der Waals surface area contributed by atoms with Crippen LogP contribution < -0.4 is 10.6 Å². The van der Waals surface area contributed by atoms with Crippen molar-refractivity contribution in [2.24, 2.45) is 5.92 Å². The number of hydrogen-bond acceptors (Lipinski definition) is 4. The van der Waals surface area contributed by atoms with Gasteiger partial charge in [-0.25, -0.2) is 9.59 Å². The maximum Gasteiger partial charge on any atom is 0.326 e. The number of amides is 3. The van der Waals surface area contributed by atoms with Gasteiger partial charge in [0.15, 0.2) is 0 Å². The van der Waals surface area contributed by atoms with Crippen LogP contribution in [0.3, 0.4) is 0 Å². The molecule has 1 unspecified atom stereocenters. The molecule has 0 rings (SSSR count). The third kappa shape index (κ3) is 7.50. The number of methoxy groups -OCH3 is 1. The topological polar surface area (TPSA) is 108 Å². The van der Waals surface area contributed by atoms with E-state index in [0.717, 1.165) is 4.90 Å². The molecule has 0 saturated carbocycles. The van der Waals surface area contributed by atoms with E-state index in [9.17, 15) is 14.4 Å². The molecule has 3 amide bonds. The molecule has 122 valence electrons. The normalized spacial score (nSPS) is 13.1. The van der Waals surface area contributed by atoms with Crippen molar-refractivity contribution < 1.29 is 24.2 Å². The quantitative estimate of drug-likeness (QED) is 0.515. The Morgan fingerprint density at radius 1 is 1.33 bits per heavy atom. The smallest absolute Gasteiger partial charge is 0.326 e. The zero-order valence-electron chi connectivity index (χ0n) is 13.0. The minimum atomic E-state index is -1.09. The van der Waals surface area contributed by atoms with Crippen LogP contribution in [0.2, 0.25) is 0 Å². The lowest BCUT2D eigenvalue weighted by Gasteiger charge is -2.24. The van der Waals surface area contributed by atoms with E-state index in [4.69, 9.17) is 9.84 Å². The van der Waals surface area contributed by atoms with Crippen LogP contribution in [0.5, 0.6) is 0 Å². The highest BCUT2D eigenvalue weighted by Gasteiger charge is 2.26. The first-order chi connectivity index (χ1) is 9.83. The fraction of sp³-hybridized carbons (Fsp3) is 0.769. The second-order valence-electron chi connectivity index (χ2n) is 4.85. The van der Waals surface area contributed by atoms with E-state index >= 15 is 0 Å². The van der Waals surface area contributed by atoms with E-state index in [0.29, 0.717) is 19.6 Å². The predicted octanol–water partition coefficient (Wildman–Crippen LogP) is -0.110. The molecule has 0 spiro atoms. The summed E-state index contributed by atoms with van der Waals surface area (Å²) in [4.78, 5) is 35.7. The van der Waals surface area contributed by atoms with E-state index in [1.807, 2.05) is 6.92 Å². The van der Waals surface area contributed by atoms with Crippen molar-refractivity contribution in [2.75, 3.05) is 33.9 Å². The Balaban J connectivity index is 4.36. The highest BCUT2D eigenvalue weighted by Crippen LogP contribution is 2.08. The molecule has 0 aliphatic rings. The molecule has 0 aromatic carbocycles. The van der Waals surface area contributed by atoms with Gasteiger partial charge in [-0.3, -0.25) is 4.79 Å². The number of carbonyl (C=O) groups excluding carboxylic acids is 2. The van der Waals surface area contributed by atoms with Gasteiger partial charge in [0.2, 0.25) is 5.91 Å². The molecule has 0 heterocycles. The number of nitrogens with one attached hydrogen (secondary N) is 2. The number of carbonyl (C=O) groups is 3. The van der Waals surface area contributed by atoms with Crippen LogP contribution in [0.25, 0.3) is 0 Å². The molecule has 0 aliphatic heterocycles. The molecule has 2 atom stereocenters. The maximum atomic E-state index is 11.9. The van der Waals surface area contributed by atoms with E-state index in [-0.39, 0.29) is 18.4 Å². The van der Waals surface area contributed by atoms with Crippen LogP contribution in [0.1, 0.15) is 20.3 Å². The van der Waals surface area contributed by atoms with Crippen molar-refractivity contribution in [3.63, 3.8) is 0 Å². The number of carboxylic acid groups (broad SMARTS) is 1. The summed E-state index contributed by atoms with van der Waals surface area (Å²) in [7, 11) is 2.95. The Morgan fingerprint density at radius 3 is 2.43 bits per heavy atom. The van der Waals surface area contributed by atoms with Gasteiger partial charge >= 0.3 is 12.0 Å². The molecule has 0 aromatic rings. The van der Waals surface area contributed by atoms with Crippen molar-refractivity contribution >= 4 is 17.9 Å². The van der Waals surface area contributed by atoms with Crippen molar-refractivity contribution in [2.45, 2.75) is 26.3 Å². The van der Waals surface area contributed by atoms with Gasteiger partial charge in [-0.15, -0.1) is 0 Å². The lowest BCUT2D eigenvalue weighted by molar-refractivity contribution is -0.140. The Hall–Kier alpha value is -1.83. The summed E-state index contributed by atoms with van der Waals surface area (Å²) in [6.45, 7) is 4.19. The second-order valence-corrected chi connectivity index (χ2v) is 4.85. The molecule has 8 nitrogen and oxygen atoms in total. The fourth-order valence-corrected chi connectivity index (χ4v) is 1.56. The number of hydrogen-bond donors (Lipinski definition) is 3. The van der Waals surface area contributed by atoms with E-state index in [2.05, 4.69) is 10.6 Å². The monoisotopic (exact) mass is 303 g/mol. The third-order valence-corrected chi connectivity index (χ3v) is 3.11. The molecule has 21 heavy (non-hydrogen) atoms. The average Bonchev–Trinajstić information content (AvgIpc) is 2.43. The molecule has 0 saturated heterocycles. The lowest BCUT2D eigenvalue weighted by atomic mass is 9.99. The zero-order valence-corrected chi connectivity index (χ0v) is 13.0. The number of aliphatic carboxylic acids is 1. The fourth-order valence-electron chi connectivity index (χ4n) is 1.56. The predicted molar refractivity (Wildman–Crippen MR) is 76.9 cm³/mol. The molecule has 0 aromatic heterocycles. The molecule has 3 N–H and O–H groups in total. The molecular formula is C13H25N3O5. The highest BCUT2D eigenvalue weighted by molar-refractivity contribution is 5.86. The summed E-state index contributed by atoms with van der Waals surface area (Å²) in [5, 5.41) is 14.1. The summed E-state index contributed by atoms with van der Waals surface area (Å²) in [5.74, 6) is -1.62.